The van der Waals surface area contributed by atoms with Gasteiger partial charge in [-0.3, -0.25) is 4.90 Å². The number of aliphatic hydroxyl groups is 5. The molecule has 1 heterocycles. The number of likely N-dealkylation sites (tertiary alicyclic amines) is 1. The van der Waals surface area contributed by atoms with Gasteiger partial charge in [0.25, 0.3) is 0 Å². The van der Waals surface area contributed by atoms with Crippen molar-refractivity contribution in [2.45, 2.75) is 24.4 Å². The van der Waals surface area contributed by atoms with Gasteiger partial charge in [0, 0.05) is 13.1 Å². The first-order valence-corrected chi connectivity index (χ1v) is 4.61. The van der Waals surface area contributed by atoms with Crippen LogP contribution in [-0.2, 0) is 0 Å². The molecule has 6 nitrogen and oxygen atoms in total. The summed E-state index contributed by atoms with van der Waals surface area (Å²) in [6, 6.07) is -0.706. The van der Waals surface area contributed by atoms with E-state index in [0.717, 1.165) is 0 Å². The molecular formula is C8H17NO5. The third-order valence-corrected chi connectivity index (χ3v) is 2.56. The summed E-state index contributed by atoms with van der Waals surface area (Å²) >= 11 is 0. The van der Waals surface area contributed by atoms with E-state index in [0.29, 0.717) is 0 Å². The van der Waals surface area contributed by atoms with Gasteiger partial charge in [-0.25, -0.2) is 0 Å². The molecule has 0 aliphatic carbocycles. The Morgan fingerprint density at radius 2 is 1.93 bits per heavy atom. The molecule has 0 aromatic rings. The van der Waals surface area contributed by atoms with Crippen molar-refractivity contribution >= 4 is 0 Å². The van der Waals surface area contributed by atoms with Crippen molar-refractivity contribution in [3.8, 4) is 0 Å². The predicted molar refractivity (Wildman–Crippen MR) is 47.6 cm³/mol. The molecule has 5 N–H and O–H groups in total. The van der Waals surface area contributed by atoms with Crippen LogP contribution in [0.5, 0.6) is 0 Å². The molecule has 1 aliphatic rings. The molecule has 0 unspecified atom stereocenters. The summed E-state index contributed by atoms with van der Waals surface area (Å²) in [4.78, 5) is 1.57. The van der Waals surface area contributed by atoms with Gasteiger partial charge in [0.05, 0.1) is 37.6 Å². The lowest BCUT2D eigenvalue weighted by atomic mass is 10.1. The van der Waals surface area contributed by atoms with Crippen molar-refractivity contribution < 1.29 is 25.5 Å². The standard InChI is InChI=1S/C8H17NO5/c10-2-1-9-3-5(12)8(14)7(9)6(13)4-11/h5-8,10-14H,1-4H2/t5-,6+,7+,8-/m1/s1. The average molecular weight is 207 g/mol. The van der Waals surface area contributed by atoms with Crippen molar-refractivity contribution in [3.63, 3.8) is 0 Å². The highest BCUT2D eigenvalue weighted by atomic mass is 16.3. The topological polar surface area (TPSA) is 104 Å². The molecule has 1 aliphatic heterocycles. The summed E-state index contributed by atoms with van der Waals surface area (Å²) in [5, 5.41) is 45.7. The van der Waals surface area contributed by atoms with Crippen molar-refractivity contribution in [1.82, 2.24) is 4.90 Å². The molecule has 0 saturated carbocycles. The maximum Gasteiger partial charge on any atom is 0.0992 e. The van der Waals surface area contributed by atoms with E-state index < -0.39 is 31.0 Å². The zero-order chi connectivity index (χ0) is 10.7. The van der Waals surface area contributed by atoms with Gasteiger partial charge in [-0.15, -0.1) is 0 Å². The Balaban J connectivity index is 2.65. The SMILES string of the molecule is OCCN1C[C@@H](O)[C@@H](O)[C@@H]1[C@@H](O)CO. The summed E-state index contributed by atoms with van der Waals surface area (Å²) in [6.45, 7) is -0.135. The van der Waals surface area contributed by atoms with Crippen LogP contribution >= 0.6 is 0 Å². The van der Waals surface area contributed by atoms with Crippen LogP contribution in [0.2, 0.25) is 0 Å². The zero-order valence-corrected chi connectivity index (χ0v) is 7.82. The smallest absolute Gasteiger partial charge is 0.0992 e. The Labute approximate surface area is 82.0 Å². The number of β-amino-alcohol motifs (C(OH)–C–C–N with tert-alkyl or cyclic N) is 2. The van der Waals surface area contributed by atoms with Gasteiger partial charge in [-0.2, -0.15) is 0 Å². The van der Waals surface area contributed by atoms with Gasteiger partial charge in [0.2, 0.25) is 0 Å². The molecule has 4 atom stereocenters. The number of nitrogens with zero attached hydrogens (tertiary/aromatic N) is 1. The molecule has 1 rings (SSSR count). The van der Waals surface area contributed by atoms with E-state index in [4.69, 9.17) is 10.2 Å². The van der Waals surface area contributed by atoms with E-state index in [2.05, 4.69) is 0 Å². The minimum Gasteiger partial charge on any atom is -0.395 e. The highest BCUT2D eigenvalue weighted by molar-refractivity contribution is 4.96. The third kappa shape index (κ3) is 2.22. The maximum atomic E-state index is 9.51. The van der Waals surface area contributed by atoms with E-state index in [-0.39, 0.29) is 19.7 Å². The van der Waals surface area contributed by atoms with Crippen LogP contribution in [0, 0.1) is 0 Å². The summed E-state index contributed by atoms with van der Waals surface area (Å²) in [5.41, 5.74) is 0. The summed E-state index contributed by atoms with van der Waals surface area (Å²) in [6.07, 6.45) is -3.12. The minimum absolute atomic E-state index is 0.117. The molecule has 84 valence electrons. The van der Waals surface area contributed by atoms with Crippen LogP contribution in [0.4, 0.5) is 0 Å². The second-order valence-electron chi connectivity index (χ2n) is 3.52. The predicted octanol–water partition coefficient (Wildman–Crippen LogP) is -3.26. The van der Waals surface area contributed by atoms with Gasteiger partial charge in [0.15, 0.2) is 0 Å². The summed E-state index contributed by atoms with van der Waals surface area (Å²) < 4.78 is 0. The molecule has 6 heteroatoms. The lowest BCUT2D eigenvalue weighted by Gasteiger charge is -2.28. The van der Waals surface area contributed by atoms with Gasteiger partial charge < -0.3 is 25.5 Å². The maximum absolute atomic E-state index is 9.51. The number of hydrogen-bond acceptors (Lipinski definition) is 6. The highest BCUT2D eigenvalue weighted by Crippen LogP contribution is 2.20. The Morgan fingerprint density at radius 1 is 1.29 bits per heavy atom. The van der Waals surface area contributed by atoms with E-state index in [9.17, 15) is 15.3 Å². The van der Waals surface area contributed by atoms with Crippen LogP contribution in [0.1, 0.15) is 0 Å². The van der Waals surface area contributed by atoms with E-state index >= 15 is 0 Å². The van der Waals surface area contributed by atoms with Crippen LogP contribution in [0.15, 0.2) is 0 Å². The molecule has 0 spiro atoms. The molecule has 1 saturated heterocycles. The fourth-order valence-electron chi connectivity index (χ4n) is 1.86. The first-order valence-electron chi connectivity index (χ1n) is 4.61. The molecule has 1 fully saturated rings. The Bertz CT molecular complexity index is 179. The monoisotopic (exact) mass is 207 g/mol. The van der Waals surface area contributed by atoms with Gasteiger partial charge in [-0.05, 0) is 0 Å². The van der Waals surface area contributed by atoms with Crippen LogP contribution in [0.25, 0.3) is 0 Å². The fourth-order valence-corrected chi connectivity index (χ4v) is 1.86. The van der Waals surface area contributed by atoms with E-state index in [1.165, 1.54) is 0 Å². The van der Waals surface area contributed by atoms with Crippen molar-refractivity contribution in [1.29, 1.82) is 0 Å². The minimum atomic E-state index is -1.10. The average Bonchev–Trinajstić information content (AvgIpc) is 2.43. The Morgan fingerprint density at radius 3 is 2.43 bits per heavy atom. The zero-order valence-electron chi connectivity index (χ0n) is 7.82. The van der Waals surface area contributed by atoms with Crippen molar-refractivity contribution in [3.05, 3.63) is 0 Å². The molecular weight excluding hydrogens is 190 g/mol. The highest BCUT2D eigenvalue weighted by Gasteiger charge is 2.43. The van der Waals surface area contributed by atoms with Crippen molar-refractivity contribution in [2.24, 2.45) is 0 Å². The van der Waals surface area contributed by atoms with Gasteiger partial charge in [-0.1, -0.05) is 0 Å². The summed E-state index contributed by atoms with van der Waals surface area (Å²) in [5.74, 6) is 0. The quantitative estimate of drug-likeness (QED) is 0.331. The number of hydrogen-bond donors (Lipinski definition) is 5. The van der Waals surface area contributed by atoms with Gasteiger partial charge in [0.1, 0.15) is 0 Å². The normalized spacial score (nSPS) is 36.2. The lowest BCUT2D eigenvalue weighted by Crippen LogP contribution is -2.47. The first kappa shape index (κ1) is 11.8. The van der Waals surface area contributed by atoms with E-state index in [1.54, 1.807) is 4.90 Å². The molecule has 0 aromatic carbocycles. The third-order valence-electron chi connectivity index (χ3n) is 2.56. The van der Waals surface area contributed by atoms with Crippen LogP contribution < -0.4 is 0 Å². The van der Waals surface area contributed by atoms with Crippen LogP contribution in [-0.4, -0.2) is 81.1 Å². The number of aliphatic hydroxyl groups excluding tert-OH is 5. The largest absolute Gasteiger partial charge is 0.395 e. The second-order valence-corrected chi connectivity index (χ2v) is 3.52. The molecule has 0 amide bonds. The van der Waals surface area contributed by atoms with Gasteiger partial charge >= 0.3 is 0 Å². The first-order chi connectivity index (χ1) is 6.61. The number of rotatable bonds is 4. The van der Waals surface area contributed by atoms with Crippen LogP contribution in [0.3, 0.4) is 0 Å². The Kier molecular flexibility index (Phi) is 4.24. The lowest BCUT2D eigenvalue weighted by molar-refractivity contribution is -0.0321. The summed E-state index contributed by atoms with van der Waals surface area (Å²) in [7, 11) is 0. The van der Waals surface area contributed by atoms with E-state index in [1.807, 2.05) is 0 Å². The fraction of sp³-hybridized carbons (Fsp3) is 1.00. The molecule has 14 heavy (non-hydrogen) atoms. The molecule has 0 bridgehead atoms. The van der Waals surface area contributed by atoms with Crippen molar-refractivity contribution in [2.75, 3.05) is 26.3 Å². The molecule has 0 radical (unpaired) electrons. The second kappa shape index (κ2) is 5.01. The molecule has 0 aromatic heterocycles. The Hall–Kier alpha value is -0.240.